The number of aryl methyl sites for hydroxylation is 1. The van der Waals surface area contributed by atoms with E-state index in [1.165, 1.54) is 0 Å². The van der Waals surface area contributed by atoms with Crippen molar-refractivity contribution in [2.75, 3.05) is 0 Å². The van der Waals surface area contributed by atoms with Crippen LogP contribution in [0.15, 0.2) is 59.1 Å². The summed E-state index contributed by atoms with van der Waals surface area (Å²) in [4.78, 5) is 17.0. The molecule has 2 unspecified atom stereocenters. The fraction of sp³-hybridized carbons (Fsp3) is 0.318. The van der Waals surface area contributed by atoms with Crippen molar-refractivity contribution in [1.29, 1.82) is 0 Å². The van der Waals surface area contributed by atoms with Crippen LogP contribution < -0.4 is 5.32 Å². The van der Waals surface area contributed by atoms with E-state index in [-0.39, 0.29) is 17.9 Å². The van der Waals surface area contributed by atoms with Crippen molar-refractivity contribution in [1.82, 2.24) is 15.5 Å². The molecule has 0 aliphatic carbocycles. The molecule has 3 aromatic rings. The number of rotatable bonds is 8. The van der Waals surface area contributed by atoms with Gasteiger partial charge in [-0.3, -0.25) is 4.79 Å². The van der Waals surface area contributed by atoms with Gasteiger partial charge in [0.05, 0.1) is 0 Å². The zero-order chi connectivity index (χ0) is 19.9. The molecule has 0 saturated heterocycles. The molecule has 28 heavy (non-hydrogen) atoms. The van der Waals surface area contributed by atoms with Gasteiger partial charge in [-0.15, -0.1) is 0 Å². The predicted molar refractivity (Wildman–Crippen MR) is 110 cm³/mol. The fourth-order valence-electron chi connectivity index (χ4n) is 2.91. The molecule has 1 aromatic heterocycles. The minimum absolute atomic E-state index is 0.0274. The van der Waals surface area contributed by atoms with Crippen molar-refractivity contribution < 1.29 is 9.32 Å². The van der Waals surface area contributed by atoms with Gasteiger partial charge in [0.25, 0.3) is 0 Å². The molecule has 0 saturated carbocycles. The smallest absolute Gasteiger partial charge is 0.249 e. The van der Waals surface area contributed by atoms with Crippen LogP contribution in [-0.2, 0) is 11.2 Å². The topological polar surface area (TPSA) is 68.0 Å². The number of hydrogen-bond donors (Lipinski definition) is 1. The first-order valence-corrected chi connectivity index (χ1v) is 9.87. The molecule has 5 nitrogen and oxygen atoms in total. The van der Waals surface area contributed by atoms with E-state index in [4.69, 9.17) is 16.1 Å². The standard InChI is InChI=1S/C22H24ClN3O2/c1-3-15(2)20(24-19(27)14-9-16-7-5-4-6-8-16)22-25-21(26-28-22)17-10-12-18(23)13-11-17/h4-8,10-13,15,20H,3,9,14H2,1-2H3,(H,24,27). The number of aromatic nitrogens is 2. The first kappa shape index (κ1) is 20.1. The van der Waals surface area contributed by atoms with Gasteiger partial charge in [0.1, 0.15) is 6.04 Å². The van der Waals surface area contributed by atoms with E-state index < -0.39 is 0 Å². The molecule has 1 heterocycles. The molecular weight excluding hydrogens is 374 g/mol. The molecule has 6 heteroatoms. The van der Waals surface area contributed by atoms with E-state index in [9.17, 15) is 4.79 Å². The summed E-state index contributed by atoms with van der Waals surface area (Å²) in [5.41, 5.74) is 1.96. The quantitative estimate of drug-likeness (QED) is 0.565. The fourth-order valence-corrected chi connectivity index (χ4v) is 3.03. The maximum Gasteiger partial charge on any atom is 0.249 e. The van der Waals surface area contributed by atoms with E-state index in [2.05, 4.69) is 29.3 Å². The Balaban J connectivity index is 1.70. The summed E-state index contributed by atoms with van der Waals surface area (Å²) < 4.78 is 5.49. The Morgan fingerprint density at radius 2 is 1.86 bits per heavy atom. The third-order valence-corrected chi connectivity index (χ3v) is 5.08. The predicted octanol–water partition coefficient (Wildman–Crippen LogP) is 5.23. The van der Waals surface area contributed by atoms with Crippen LogP contribution in [0, 0.1) is 5.92 Å². The van der Waals surface area contributed by atoms with Gasteiger partial charge >= 0.3 is 0 Å². The second kappa shape index (κ2) is 9.51. The Morgan fingerprint density at radius 1 is 1.14 bits per heavy atom. The van der Waals surface area contributed by atoms with Gasteiger partial charge in [-0.1, -0.05) is 67.4 Å². The second-order valence-electron chi connectivity index (χ2n) is 6.88. The van der Waals surface area contributed by atoms with E-state index in [1.54, 1.807) is 12.1 Å². The second-order valence-corrected chi connectivity index (χ2v) is 7.32. The highest BCUT2D eigenvalue weighted by atomic mass is 35.5. The van der Waals surface area contributed by atoms with Crippen molar-refractivity contribution in [3.05, 3.63) is 71.1 Å². The van der Waals surface area contributed by atoms with E-state index in [0.717, 1.165) is 17.5 Å². The van der Waals surface area contributed by atoms with Crippen LogP contribution in [0.5, 0.6) is 0 Å². The molecule has 3 rings (SSSR count). The van der Waals surface area contributed by atoms with Crippen LogP contribution in [0.25, 0.3) is 11.4 Å². The number of nitrogens with one attached hydrogen (secondary N) is 1. The summed E-state index contributed by atoms with van der Waals surface area (Å²) in [6, 6.07) is 16.9. The molecule has 0 aliphatic heterocycles. The van der Waals surface area contributed by atoms with Crippen molar-refractivity contribution in [2.24, 2.45) is 5.92 Å². The molecule has 0 radical (unpaired) electrons. The van der Waals surface area contributed by atoms with Crippen molar-refractivity contribution in [3.63, 3.8) is 0 Å². The summed E-state index contributed by atoms with van der Waals surface area (Å²) in [6.07, 6.45) is 1.98. The number of amides is 1. The average molecular weight is 398 g/mol. The lowest BCUT2D eigenvalue weighted by Crippen LogP contribution is -2.32. The number of hydrogen-bond acceptors (Lipinski definition) is 4. The zero-order valence-corrected chi connectivity index (χ0v) is 16.8. The maximum absolute atomic E-state index is 12.5. The number of carbonyl (C=O) groups excluding carboxylic acids is 1. The molecule has 0 aliphatic rings. The lowest BCUT2D eigenvalue weighted by atomic mass is 9.98. The van der Waals surface area contributed by atoms with Crippen LogP contribution in [-0.4, -0.2) is 16.0 Å². The minimum atomic E-state index is -0.318. The Bertz CT molecular complexity index is 894. The lowest BCUT2D eigenvalue weighted by Gasteiger charge is -2.20. The molecule has 2 atom stereocenters. The number of carbonyl (C=O) groups is 1. The first-order valence-electron chi connectivity index (χ1n) is 9.49. The molecule has 0 fully saturated rings. The third kappa shape index (κ3) is 5.20. The van der Waals surface area contributed by atoms with Gasteiger partial charge in [0.2, 0.25) is 17.6 Å². The average Bonchev–Trinajstić information content (AvgIpc) is 3.21. The summed E-state index contributed by atoms with van der Waals surface area (Å²) in [5.74, 6) is 1.05. The van der Waals surface area contributed by atoms with Crippen molar-refractivity contribution in [2.45, 2.75) is 39.2 Å². The zero-order valence-electron chi connectivity index (χ0n) is 16.1. The lowest BCUT2D eigenvalue weighted by molar-refractivity contribution is -0.122. The molecule has 2 aromatic carbocycles. The van der Waals surface area contributed by atoms with Gasteiger partial charge in [-0.2, -0.15) is 4.98 Å². The van der Waals surface area contributed by atoms with Crippen molar-refractivity contribution in [3.8, 4) is 11.4 Å². The highest BCUT2D eigenvalue weighted by molar-refractivity contribution is 6.30. The monoisotopic (exact) mass is 397 g/mol. The van der Waals surface area contributed by atoms with Crippen LogP contribution in [0.2, 0.25) is 5.02 Å². The highest BCUT2D eigenvalue weighted by Gasteiger charge is 2.26. The summed E-state index contributed by atoms with van der Waals surface area (Å²) in [6.45, 7) is 4.14. The number of benzene rings is 2. The van der Waals surface area contributed by atoms with Crippen LogP contribution in [0.3, 0.4) is 0 Å². The normalized spacial score (nSPS) is 13.1. The Hall–Kier alpha value is -2.66. The summed E-state index contributed by atoms with van der Waals surface area (Å²) in [7, 11) is 0. The number of nitrogens with zero attached hydrogens (tertiary/aromatic N) is 2. The molecule has 1 amide bonds. The van der Waals surface area contributed by atoms with Gasteiger partial charge in [0, 0.05) is 17.0 Å². The van der Waals surface area contributed by atoms with Crippen molar-refractivity contribution >= 4 is 17.5 Å². The summed E-state index contributed by atoms with van der Waals surface area (Å²) in [5, 5.41) is 7.79. The van der Waals surface area contributed by atoms with E-state index in [1.807, 2.05) is 42.5 Å². The Labute approximate surface area is 170 Å². The summed E-state index contributed by atoms with van der Waals surface area (Å²) >= 11 is 5.93. The Morgan fingerprint density at radius 3 is 2.54 bits per heavy atom. The van der Waals surface area contributed by atoms with E-state index in [0.29, 0.717) is 29.6 Å². The van der Waals surface area contributed by atoms with Gasteiger partial charge in [0.15, 0.2) is 0 Å². The minimum Gasteiger partial charge on any atom is -0.344 e. The highest BCUT2D eigenvalue weighted by Crippen LogP contribution is 2.26. The third-order valence-electron chi connectivity index (χ3n) is 4.82. The SMILES string of the molecule is CCC(C)C(NC(=O)CCc1ccccc1)c1nc(-c2ccc(Cl)cc2)no1. The first-order chi connectivity index (χ1) is 13.6. The molecule has 0 bridgehead atoms. The van der Waals surface area contributed by atoms with Gasteiger partial charge in [-0.25, -0.2) is 0 Å². The van der Waals surface area contributed by atoms with Crippen LogP contribution >= 0.6 is 11.6 Å². The van der Waals surface area contributed by atoms with Crippen LogP contribution in [0.1, 0.15) is 44.2 Å². The maximum atomic E-state index is 12.5. The molecule has 0 spiro atoms. The van der Waals surface area contributed by atoms with Gasteiger partial charge in [-0.05, 0) is 42.2 Å². The molecule has 146 valence electrons. The van der Waals surface area contributed by atoms with Gasteiger partial charge < -0.3 is 9.84 Å². The van der Waals surface area contributed by atoms with Crippen LogP contribution in [0.4, 0.5) is 0 Å². The molecule has 1 N–H and O–H groups in total. The van der Waals surface area contributed by atoms with E-state index >= 15 is 0 Å². The largest absolute Gasteiger partial charge is 0.344 e. The number of halogens is 1. The Kier molecular flexibility index (Phi) is 6.82. The molecular formula is C22H24ClN3O2.